The Kier molecular flexibility index (Phi) is 7.34. The molecular weight excluding hydrogens is 554 g/mol. The highest BCUT2D eigenvalue weighted by atomic mass is 127. The zero-order chi connectivity index (χ0) is 23.4. The van der Waals surface area contributed by atoms with E-state index in [1.165, 1.54) is 29.5 Å². The predicted octanol–water partition coefficient (Wildman–Crippen LogP) is 6.22. The standard InChI is InChI=1S/C25H20FIN2O3S/c1-15-3-5-16(6-4-15)14-32-23-20(27)11-17(12-21(23)31-2)13-22-24(30)29-25(33-22)28-19-9-7-18(26)8-10-19/h3-13H,14H2,1-2H3,(H,28,29,30)/b22-13+. The summed E-state index contributed by atoms with van der Waals surface area (Å²) in [6.45, 7) is 2.47. The van der Waals surface area contributed by atoms with Crippen LogP contribution in [-0.2, 0) is 11.4 Å². The van der Waals surface area contributed by atoms with Gasteiger partial charge in [0.1, 0.15) is 12.4 Å². The van der Waals surface area contributed by atoms with Gasteiger partial charge >= 0.3 is 0 Å². The maximum Gasteiger partial charge on any atom is 0.264 e. The van der Waals surface area contributed by atoms with Crippen molar-refractivity contribution in [1.82, 2.24) is 5.32 Å². The number of aliphatic imine (C=N–C) groups is 1. The van der Waals surface area contributed by atoms with Crippen LogP contribution < -0.4 is 14.8 Å². The van der Waals surface area contributed by atoms with Gasteiger partial charge in [0, 0.05) is 0 Å². The van der Waals surface area contributed by atoms with Crippen LogP contribution in [0.5, 0.6) is 11.5 Å². The van der Waals surface area contributed by atoms with E-state index in [0.29, 0.717) is 33.9 Å². The number of nitrogens with zero attached hydrogens (tertiary/aromatic N) is 1. The number of rotatable bonds is 6. The SMILES string of the molecule is COc1cc(/C=C2/SC(=Nc3ccc(F)cc3)NC2=O)cc(I)c1OCc1ccc(C)cc1. The average Bonchev–Trinajstić information content (AvgIpc) is 3.13. The Labute approximate surface area is 209 Å². The van der Waals surface area contributed by atoms with Crippen molar-refractivity contribution in [1.29, 1.82) is 0 Å². The molecule has 1 aliphatic rings. The topological polar surface area (TPSA) is 59.9 Å². The van der Waals surface area contributed by atoms with Crippen molar-refractivity contribution in [2.45, 2.75) is 13.5 Å². The summed E-state index contributed by atoms with van der Waals surface area (Å²) in [5, 5.41) is 3.18. The Balaban J connectivity index is 1.52. The first-order chi connectivity index (χ1) is 15.9. The molecule has 5 nitrogen and oxygen atoms in total. The normalized spacial score (nSPS) is 15.7. The third-order valence-corrected chi connectivity index (χ3v) is 6.47. The Bertz CT molecular complexity index is 1240. The molecule has 168 valence electrons. The molecule has 33 heavy (non-hydrogen) atoms. The second-order valence-electron chi connectivity index (χ2n) is 7.27. The van der Waals surface area contributed by atoms with E-state index in [0.717, 1.165) is 14.7 Å². The zero-order valence-electron chi connectivity index (χ0n) is 17.9. The molecule has 1 amide bonds. The van der Waals surface area contributed by atoms with Gasteiger partial charge in [0.2, 0.25) is 0 Å². The summed E-state index contributed by atoms with van der Waals surface area (Å²) in [4.78, 5) is 17.3. The van der Waals surface area contributed by atoms with E-state index >= 15 is 0 Å². The summed E-state index contributed by atoms with van der Waals surface area (Å²) < 4.78 is 25.6. The van der Waals surface area contributed by atoms with Crippen molar-refractivity contribution in [2.75, 3.05) is 7.11 Å². The van der Waals surface area contributed by atoms with Gasteiger partial charge in [-0.1, -0.05) is 29.8 Å². The number of carbonyl (C=O) groups excluding carboxylic acids is 1. The van der Waals surface area contributed by atoms with Crippen LogP contribution in [0.15, 0.2) is 70.6 Å². The maximum absolute atomic E-state index is 13.1. The molecule has 0 spiro atoms. The second-order valence-corrected chi connectivity index (χ2v) is 9.46. The molecule has 0 atom stereocenters. The number of thioether (sulfide) groups is 1. The molecule has 1 heterocycles. The number of halogens is 2. The van der Waals surface area contributed by atoms with Crippen LogP contribution in [0.1, 0.15) is 16.7 Å². The average molecular weight is 574 g/mol. The van der Waals surface area contributed by atoms with E-state index in [4.69, 9.17) is 9.47 Å². The lowest BCUT2D eigenvalue weighted by Crippen LogP contribution is -2.19. The number of hydrogen-bond acceptors (Lipinski definition) is 5. The van der Waals surface area contributed by atoms with Crippen molar-refractivity contribution in [3.8, 4) is 11.5 Å². The minimum absolute atomic E-state index is 0.241. The number of benzene rings is 3. The molecule has 0 aliphatic carbocycles. The predicted molar refractivity (Wildman–Crippen MR) is 138 cm³/mol. The lowest BCUT2D eigenvalue weighted by atomic mass is 10.1. The van der Waals surface area contributed by atoms with E-state index in [9.17, 15) is 9.18 Å². The van der Waals surface area contributed by atoms with Crippen LogP contribution in [0.4, 0.5) is 10.1 Å². The van der Waals surface area contributed by atoms with Crippen LogP contribution in [0.3, 0.4) is 0 Å². The minimum atomic E-state index is -0.336. The van der Waals surface area contributed by atoms with Gasteiger partial charge in [-0.05, 0) is 94.9 Å². The monoisotopic (exact) mass is 574 g/mol. The molecule has 1 N–H and O–H groups in total. The molecule has 1 fully saturated rings. The number of nitrogens with one attached hydrogen (secondary N) is 1. The summed E-state index contributed by atoms with van der Waals surface area (Å²) in [7, 11) is 1.59. The molecule has 1 aliphatic heterocycles. The fraction of sp³-hybridized carbons (Fsp3) is 0.120. The molecule has 0 saturated carbocycles. The van der Waals surface area contributed by atoms with E-state index in [-0.39, 0.29) is 11.7 Å². The van der Waals surface area contributed by atoms with Gasteiger partial charge < -0.3 is 14.8 Å². The van der Waals surface area contributed by atoms with Crippen molar-refractivity contribution in [3.05, 3.63) is 91.6 Å². The molecule has 0 aromatic heterocycles. The van der Waals surface area contributed by atoms with Crippen molar-refractivity contribution < 1.29 is 18.7 Å². The fourth-order valence-corrected chi connectivity index (χ4v) is 4.69. The Morgan fingerprint density at radius 1 is 1.12 bits per heavy atom. The number of hydrogen-bond donors (Lipinski definition) is 1. The summed E-state index contributed by atoms with van der Waals surface area (Å²) in [6, 6.07) is 17.7. The van der Waals surface area contributed by atoms with E-state index in [1.54, 1.807) is 25.3 Å². The highest BCUT2D eigenvalue weighted by Crippen LogP contribution is 2.36. The van der Waals surface area contributed by atoms with Gasteiger partial charge in [0.25, 0.3) is 5.91 Å². The molecule has 0 radical (unpaired) electrons. The summed E-state index contributed by atoms with van der Waals surface area (Å²) in [5.41, 5.74) is 3.63. The van der Waals surface area contributed by atoms with E-state index in [2.05, 4.69) is 32.9 Å². The van der Waals surface area contributed by atoms with Gasteiger partial charge in [-0.3, -0.25) is 4.79 Å². The zero-order valence-corrected chi connectivity index (χ0v) is 20.9. The van der Waals surface area contributed by atoms with Crippen LogP contribution in [0, 0.1) is 16.3 Å². The second kappa shape index (κ2) is 10.4. The highest BCUT2D eigenvalue weighted by molar-refractivity contribution is 14.1. The van der Waals surface area contributed by atoms with Crippen LogP contribution in [0.25, 0.3) is 6.08 Å². The maximum atomic E-state index is 13.1. The Hall–Kier alpha value is -2.85. The van der Waals surface area contributed by atoms with Gasteiger partial charge in [0.15, 0.2) is 16.7 Å². The van der Waals surface area contributed by atoms with Gasteiger partial charge in [-0.25, -0.2) is 9.38 Å². The molecule has 0 bridgehead atoms. The first kappa shape index (κ1) is 23.3. The molecule has 8 heteroatoms. The number of carbonyl (C=O) groups is 1. The van der Waals surface area contributed by atoms with E-state index < -0.39 is 0 Å². The van der Waals surface area contributed by atoms with Crippen LogP contribution in [0.2, 0.25) is 0 Å². The molecule has 4 rings (SSSR count). The molecule has 3 aromatic rings. The number of amides is 1. The molecule has 0 unspecified atom stereocenters. The number of ether oxygens (including phenoxy) is 2. The first-order valence-corrected chi connectivity index (χ1v) is 11.9. The number of aryl methyl sites for hydroxylation is 1. The third kappa shape index (κ3) is 5.94. The largest absolute Gasteiger partial charge is 0.493 e. The van der Waals surface area contributed by atoms with Crippen LogP contribution >= 0.6 is 34.4 Å². The van der Waals surface area contributed by atoms with Gasteiger partial charge in [-0.15, -0.1) is 0 Å². The summed E-state index contributed by atoms with van der Waals surface area (Å²) in [6.07, 6.45) is 1.78. The van der Waals surface area contributed by atoms with Crippen molar-refractivity contribution in [2.24, 2.45) is 4.99 Å². The molecular formula is C25H20FIN2O3S. The van der Waals surface area contributed by atoms with Crippen molar-refractivity contribution >= 4 is 57.2 Å². The third-order valence-electron chi connectivity index (χ3n) is 4.76. The molecule has 1 saturated heterocycles. The quantitative estimate of drug-likeness (QED) is 0.281. The first-order valence-electron chi connectivity index (χ1n) is 10.0. The van der Waals surface area contributed by atoms with Crippen molar-refractivity contribution in [3.63, 3.8) is 0 Å². The summed E-state index contributed by atoms with van der Waals surface area (Å²) in [5.74, 6) is 0.666. The lowest BCUT2D eigenvalue weighted by molar-refractivity contribution is -0.115. The Morgan fingerprint density at radius 2 is 1.85 bits per heavy atom. The lowest BCUT2D eigenvalue weighted by Gasteiger charge is -2.14. The smallest absolute Gasteiger partial charge is 0.264 e. The summed E-state index contributed by atoms with van der Waals surface area (Å²) >= 11 is 3.43. The fourth-order valence-electron chi connectivity index (χ4n) is 3.07. The molecule has 3 aromatic carbocycles. The number of methoxy groups -OCH3 is 1. The van der Waals surface area contributed by atoms with Gasteiger partial charge in [0.05, 0.1) is 21.3 Å². The van der Waals surface area contributed by atoms with Gasteiger partial charge in [-0.2, -0.15) is 0 Å². The van der Waals surface area contributed by atoms with Crippen LogP contribution in [-0.4, -0.2) is 18.2 Å². The number of amidine groups is 1. The van der Waals surface area contributed by atoms with E-state index in [1.807, 2.05) is 43.3 Å². The Morgan fingerprint density at radius 3 is 2.55 bits per heavy atom. The highest BCUT2D eigenvalue weighted by Gasteiger charge is 2.24. The minimum Gasteiger partial charge on any atom is -0.493 e.